The molecule has 0 saturated carbocycles. The molecule has 3 aromatic rings. The molecule has 224 valence electrons. The normalized spacial score (nSPS) is 11.2. The van der Waals surface area contributed by atoms with Crippen molar-refractivity contribution in [3.05, 3.63) is 77.9 Å². The highest BCUT2D eigenvalue weighted by Crippen LogP contribution is 2.30. The van der Waals surface area contributed by atoms with Crippen LogP contribution in [0, 0.1) is 11.6 Å². The Balaban J connectivity index is 1.44. The average Bonchev–Trinajstić information content (AvgIpc) is 3.00. The summed E-state index contributed by atoms with van der Waals surface area (Å²) in [7, 11) is 0. The molecule has 0 amide bonds. The first kappa shape index (κ1) is 32.8. The lowest BCUT2D eigenvalue weighted by molar-refractivity contribution is 0.304. The average molecular weight is 563 g/mol. The highest BCUT2D eigenvalue weighted by Gasteiger charge is 2.15. The summed E-state index contributed by atoms with van der Waals surface area (Å²) < 4.78 is 35.8. The molecule has 0 bridgehead atoms. The Labute approximate surface area is 248 Å². The minimum atomic E-state index is -0.741. The van der Waals surface area contributed by atoms with Crippen LogP contribution in [0.25, 0.3) is 22.3 Å². The van der Waals surface area contributed by atoms with Gasteiger partial charge in [0.15, 0.2) is 11.6 Å². The van der Waals surface area contributed by atoms with Crippen LogP contribution in [0.1, 0.15) is 122 Å². The van der Waals surface area contributed by atoms with E-state index in [1.807, 2.05) is 48.5 Å². The lowest BCUT2D eigenvalue weighted by atomic mass is 9.97. The first-order valence-corrected chi connectivity index (χ1v) is 16.4. The minimum Gasteiger partial charge on any atom is -0.494 e. The van der Waals surface area contributed by atoms with Crippen LogP contribution in [-0.2, 0) is 6.42 Å². The van der Waals surface area contributed by atoms with Crippen molar-refractivity contribution in [1.82, 2.24) is 0 Å². The Morgan fingerprint density at radius 2 is 0.927 bits per heavy atom. The molecule has 0 aliphatic carbocycles. The number of halogens is 2. The third-order valence-electron chi connectivity index (χ3n) is 8.11. The number of hydrogen-bond acceptors (Lipinski definition) is 1. The molecule has 3 aromatic carbocycles. The number of rotatable bonds is 21. The molecule has 0 atom stereocenters. The van der Waals surface area contributed by atoms with E-state index in [9.17, 15) is 4.39 Å². The van der Waals surface area contributed by atoms with E-state index in [1.165, 1.54) is 83.5 Å². The van der Waals surface area contributed by atoms with Crippen molar-refractivity contribution in [1.29, 1.82) is 0 Å². The quantitative estimate of drug-likeness (QED) is 0.117. The van der Waals surface area contributed by atoms with Crippen LogP contribution in [0.15, 0.2) is 60.7 Å². The van der Waals surface area contributed by atoms with Gasteiger partial charge in [0.25, 0.3) is 0 Å². The monoisotopic (exact) mass is 562 g/mol. The Kier molecular flexibility index (Phi) is 15.6. The number of aryl methyl sites for hydroxylation is 1. The van der Waals surface area contributed by atoms with Crippen molar-refractivity contribution in [2.24, 2.45) is 0 Å². The van der Waals surface area contributed by atoms with Crippen LogP contribution >= 0.6 is 0 Å². The molecule has 0 fully saturated rings. The third-order valence-corrected chi connectivity index (χ3v) is 8.11. The maximum absolute atomic E-state index is 15.0. The molecule has 0 aliphatic rings. The number of hydrogen-bond donors (Lipinski definition) is 0. The van der Waals surface area contributed by atoms with Crippen molar-refractivity contribution >= 4 is 0 Å². The zero-order valence-corrected chi connectivity index (χ0v) is 25.7. The van der Waals surface area contributed by atoms with E-state index in [1.54, 1.807) is 12.1 Å². The number of ether oxygens (including phenoxy) is 1. The van der Waals surface area contributed by atoms with E-state index in [0.29, 0.717) is 23.1 Å². The molecule has 0 N–H and O–H groups in total. The molecular formula is C38H52F2O. The van der Waals surface area contributed by atoms with Gasteiger partial charge in [0, 0.05) is 5.56 Å². The molecule has 0 unspecified atom stereocenters. The van der Waals surface area contributed by atoms with Crippen LogP contribution in [0.2, 0.25) is 0 Å². The summed E-state index contributed by atoms with van der Waals surface area (Å²) in [6.45, 7) is 5.23. The molecule has 0 spiro atoms. The van der Waals surface area contributed by atoms with Crippen molar-refractivity contribution in [3.8, 4) is 28.0 Å². The smallest absolute Gasteiger partial charge is 0.166 e. The molecule has 0 heterocycles. The van der Waals surface area contributed by atoms with E-state index in [0.717, 1.165) is 42.7 Å². The van der Waals surface area contributed by atoms with E-state index in [4.69, 9.17) is 4.74 Å². The summed E-state index contributed by atoms with van der Waals surface area (Å²) >= 11 is 0. The maximum Gasteiger partial charge on any atom is 0.166 e. The van der Waals surface area contributed by atoms with Gasteiger partial charge in [-0.25, -0.2) is 8.78 Å². The van der Waals surface area contributed by atoms with Gasteiger partial charge >= 0.3 is 0 Å². The highest BCUT2D eigenvalue weighted by molar-refractivity contribution is 5.71. The zero-order chi connectivity index (χ0) is 29.1. The summed E-state index contributed by atoms with van der Waals surface area (Å²) in [5.74, 6) is -0.553. The second-order valence-corrected chi connectivity index (χ2v) is 11.6. The Hall–Kier alpha value is -2.68. The topological polar surface area (TPSA) is 9.23 Å². The first-order valence-electron chi connectivity index (χ1n) is 16.4. The van der Waals surface area contributed by atoms with Crippen molar-refractivity contribution in [2.45, 2.75) is 123 Å². The van der Waals surface area contributed by atoms with Crippen LogP contribution in [0.4, 0.5) is 8.78 Å². The van der Waals surface area contributed by atoms with Crippen LogP contribution < -0.4 is 4.74 Å². The molecule has 3 heteroatoms. The Morgan fingerprint density at radius 1 is 0.463 bits per heavy atom. The number of unbranched alkanes of at least 4 members (excludes halogenated alkanes) is 14. The SMILES string of the molecule is CCCCCCCCCCCCc1ccc(-c2ccc(-c3ccc(OCCCCCCCC)cc3)cc2)c(F)c1F. The van der Waals surface area contributed by atoms with E-state index in [2.05, 4.69) is 13.8 Å². The van der Waals surface area contributed by atoms with E-state index in [-0.39, 0.29) is 0 Å². The molecule has 0 saturated heterocycles. The van der Waals surface area contributed by atoms with Gasteiger partial charge in [0.1, 0.15) is 5.75 Å². The van der Waals surface area contributed by atoms with E-state index >= 15 is 4.39 Å². The van der Waals surface area contributed by atoms with Crippen molar-refractivity contribution < 1.29 is 13.5 Å². The summed E-state index contributed by atoms with van der Waals surface area (Å²) in [6, 6.07) is 19.3. The Morgan fingerprint density at radius 3 is 1.49 bits per heavy atom. The van der Waals surface area contributed by atoms with Gasteiger partial charge in [-0.15, -0.1) is 0 Å². The lowest BCUT2D eigenvalue weighted by Gasteiger charge is -2.11. The minimum absolute atomic E-state index is 0.319. The predicted molar refractivity (Wildman–Crippen MR) is 172 cm³/mol. The van der Waals surface area contributed by atoms with Crippen LogP contribution in [-0.4, -0.2) is 6.61 Å². The molecule has 0 aromatic heterocycles. The second kappa shape index (κ2) is 19.4. The van der Waals surface area contributed by atoms with Gasteiger partial charge in [0.05, 0.1) is 6.61 Å². The van der Waals surface area contributed by atoms with Gasteiger partial charge in [-0.1, -0.05) is 152 Å². The van der Waals surface area contributed by atoms with Gasteiger partial charge in [-0.05, 0) is 53.6 Å². The van der Waals surface area contributed by atoms with Crippen molar-refractivity contribution in [3.63, 3.8) is 0 Å². The van der Waals surface area contributed by atoms with Crippen molar-refractivity contribution in [2.75, 3.05) is 6.61 Å². The molecule has 1 nitrogen and oxygen atoms in total. The van der Waals surface area contributed by atoms with Gasteiger partial charge in [-0.2, -0.15) is 0 Å². The molecular weight excluding hydrogens is 510 g/mol. The van der Waals surface area contributed by atoms with Gasteiger partial charge < -0.3 is 4.74 Å². The fraction of sp³-hybridized carbons (Fsp3) is 0.526. The zero-order valence-electron chi connectivity index (χ0n) is 25.7. The molecule has 0 radical (unpaired) electrons. The summed E-state index contributed by atoms with van der Waals surface area (Å²) in [4.78, 5) is 0. The largest absolute Gasteiger partial charge is 0.494 e. The maximum atomic E-state index is 15.0. The summed E-state index contributed by atoms with van der Waals surface area (Å²) in [5.41, 5.74) is 3.60. The molecule has 41 heavy (non-hydrogen) atoms. The van der Waals surface area contributed by atoms with Gasteiger partial charge in [0.2, 0.25) is 0 Å². The number of benzene rings is 3. The molecule has 3 rings (SSSR count). The van der Waals surface area contributed by atoms with Crippen LogP contribution in [0.3, 0.4) is 0 Å². The third kappa shape index (κ3) is 11.6. The molecule has 0 aliphatic heterocycles. The predicted octanol–water partition coefficient (Wildman–Crippen LogP) is 12.5. The Bertz CT molecular complexity index is 1100. The second-order valence-electron chi connectivity index (χ2n) is 11.6. The lowest BCUT2D eigenvalue weighted by Crippen LogP contribution is -1.98. The van der Waals surface area contributed by atoms with Crippen LogP contribution in [0.5, 0.6) is 5.75 Å². The first-order chi connectivity index (χ1) is 20.1. The van der Waals surface area contributed by atoms with E-state index < -0.39 is 11.6 Å². The summed E-state index contributed by atoms with van der Waals surface area (Å²) in [5, 5.41) is 0. The fourth-order valence-corrected chi connectivity index (χ4v) is 5.47. The van der Waals surface area contributed by atoms with Gasteiger partial charge in [-0.3, -0.25) is 0 Å². The summed E-state index contributed by atoms with van der Waals surface area (Å²) in [6.07, 6.45) is 20.4. The highest BCUT2D eigenvalue weighted by atomic mass is 19.2. The fourth-order valence-electron chi connectivity index (χ4n) is 5.47. The standard InChI is InChI=1S/C38H52F2O/c1-3-5-7-9-11-12-13-14-15-17-19-34-26-29-36(38(40)37(34)39)33-22-20-31(21-23-33)32-24-27-35(28-25-32)41-30-18-16-10-8-6-4-2/h20-29H,3-19,30H2,1-2H3.